The first-order valence-corrected chi connectivity index (χ1v) is 5.79. The van der Waals surface area contributed by atoms with Gasteiger partial charge in [-0.2, -0.15) is 0 Å². The van der Waals surface area contributed by atoms with Crippen LogP contribution in [0.3, 0.4) is 0 Å². The van der Waals surface area contributed by atoms with Crippen LogP contribution in [0.5, 0.6) is 0 Å². The minimum absolute atomic E-state index is 0.748. The van der Waals surface area contributed by atoms with E-state index in [0.29, 0.717) is 0 Å². The van der Waals surface area contributed by atoms with Gasteiger partial charge in [0.1, 0.15) is 0 Å². The van der Waals surface area contributed by atoms with Crippen LogP contribution in [-0.4, -0.2) is 6.54 Å². The molecule has 0 heterocycles. The zero-order valence-electron chi connectivity index (χ0n) is 8.18. The molecule has 1 aromatic carbocycles. The quantitative estimate of drug-likeness (QED) is 0.832. The third-order valence-electron chi connectivity index (χ3n) is 2.18. The molecule has 1 nitrogen and oxygen atoms in total. The molecule has 13 heavy (non-hydrogen) atoms. The van der Waals surface area contributed by atoms with E-state index in [1.54, 1.807) is 0 Å². The van der Waals surface area contributed by atoms with Crippen LogP contribution in [0.2, 0.25) is 0 Å². The van der Waals surface area contributed by atoms with E-state index >= 15 is 0 Å². The van der Waals surface area contributed by atoms with Gasteiger partial charge in [0.15, 0.2) is 0 Å². The highest BCUT2D eigenvalue weighted by atomic mass is 127. The summed E-state index contributed by atoms with van der Waals surface area (Å²) in [6.07, 6.45) is 1.23. The minimum atomic E-state index is 0.748. The average Bonchev–Trinajstić information content (AvgIpc) is 2.14. The summed E-state index contributed by atoms with van der Waals surface area (Å²) in [6, 6.07) is 8.48. The van der Waals surface area contributed by atoms with Gasteiger partial charge in [-0.05, 0) is 46.7 Å². The maximum Gasteiger partial charge on any atom is 0.0350 e. The van der Waals surface area contributed by atoms with Gasteiger partial charge in [0, 0.05) is 15.8 Å². The molecule has 0 aliphatic rings. The van der Waals surface area contributed by atoms with Crippen LogP contribution in [0.4, 0.5) is 5.69 Å². The summed E-state index contributed by atoms with van der Waals surface area (Å²) >= 11 is 2.33. The molecule has 72 valence electrons. The van der Waals surface area contributed by atoms with E-state index in [-0.39, 0.29) is 0 Å². The maximum absolute atomic E-state index is 3.43. The van der Waals surface area contributed by atoms with Crippen molar-refractivity contribution in [1.82, 2.24) is 0 Å². The van der Waals surface area contributed by atoms with Crippen LogP contribution in [0.25, 0.3) is 0 Å². The van der Waals surface area contributed by atoms with Gasteiger partial charge >= 0.3 is 0 Å². The van der Waals surface area contributed by atoms with Crippen molar-refractivity contribution in [1.29, 1.82) is 0 Å². The first kappa shape index (κ1) is 10.8. The molecule has 0 fully saturated rings. The Labute approximate surface area is 94.1 Å². The fraction of sp³-hybridized carbons (Fsp3) is 0.455. The lowest BCUT2D eigenvalue weighted by atomic mass is 10.1. The summed E-state index contributed by atoms with van der Waals surface area (Å²) in [7, 11) is 0. The second-order valence-corrected chi connectivity index (χ2v) is 4.65. The molecule has 0 aliphatic carbocycles. The van der Waals surface area contributed by atoms with Crippen LogP contribution in [0, 0.1) is 9.49 Å². The van der Waals surface area contributed by atoms with Crippen LogP contribution in [0.15, 0.2) is 24.3 Å². The monoisotopic (exact) mass is 289 g/mol. The van der Waals surface area contributed by atoms with Gasteiger partial charge in [0.05, 0.1) is 0 Å². The molecule has 0 aromatic heterocycles. The largest absolute Gasteiger partial charge is 0.385 e. The Morgan fingerprint density at radius 3 is 2.85 bits per heavy atom. The Balaban J connectivity index is 2.45. The second kappa shape index (κ2) is 5.47. The lowest BCUT2D eigenvalue weighted by molar-refractivity contribution is 0.593. The van der Waals surface area contributed by atoms with Gasteiger partial charge in [0.2, 0.25) is 0 Å². The van der Waals surface area contributed by atoms with Crippen molar-refractivity contribution in [3.8, 4) is 0 Å². The van der Waals surface area contributed by atoms with E-state index in [1.807, 2.05) is 0 Å². The molecule has 2 heteroatoms. The molecule has 0 saturated heterocycles. The molecule has 0 bridgehead atoms. The molecule has 0 radical (unpaired) electrons. The van der Waals surface area contributed by atoms with Crippen molar-refractivity contribution in [3.63, 3.8) is 0 Å². The van der Waals surface area contributed by atoms with Gasteiger partial charge in [-0.3, -0.25) is 0 Å². The molecule has 0 saturated carbocycles. The summed E-state index contributed by atoms with van der Waals surface area (Å²) in [5.74, 6) is 0.748. The van der Waals surface area contributed by atoms with Crippen molar-refractivity contribution in [3.05, 3.63) is 27.8 Å². The SMILES string of the molecule is CCC(C)CNc1cccc(I)c1. The van der Waals surface area contributed by atoms with Crippen molar-refractivity contribution in [2.24, 2.45) is 5.92 Å². The topological polar surface area (TPSA) is 12.0 Å². The molecular formula is C11H16IN. The van der Waals surface area contributed by atoms with Gasteiger partial charge < -0.3 is 5.32 Å². The lowest BCUT2D eigenvalue weighted by Gasteiger charge is -2.11. The van der Waals surface area contributed by atoms with Crippen LogP contribution < -0.4 is 5.32 Å². The smallest absolute Gasteiger partial charge is 0.0350 e. The molecule has 0 spiro atoms. The summed E-state index contributed by atoms with van der Waals surface area (Å²) in [6.45, 7) is 5.55. The Morgan fingerprint density at radius 1 is 1.46 bits per heavy atom. The van der Waals surface area contributed by atoms with Gasteiger partial charge in [0.25, 0.3) is 0 Å². The molecule has 1 rings (SSSR count). The standard InChI is InChI=1S/C11H16IN/c1-3-9(2)8-13-11-6-4-5-10(12)7-11/h4-7,9,13H,3,8H2,1-2H3. The summed E-state index contributed by atoms with van der Waals surface area (Å²) < 4.78 is 1.28. The van der Waals surface area contributed by atoms with Gasteiger partial charge in [-0.15, -0.1) is 0 Å². The van der Waals surface area contributed by atoms with Crippen LogP contribution in [0.1, 0.15) is 20.3 Å². The fourth-order valence-electron chi connectivity index (χ4n) is 1.03. The fourth-order valence-corrected chi connectivity index (χ4v) is 1.58. The van der Waals surface area contributed by atoms with E-state index in [2.05, 4.69) is 66.0 Å². The molecule has 1 unspecified atom stereocenters. The van der Waals surface area contributed by atoms with E-state index < -0.39 is 0 Å². The Hall–Kier alpha value is -0.250. The van der Waals surface area contributed by atoms with E-state index in [1.165, 1.54) is 15.7 Å². The number of nitrogens with one attached hydrogen (secondary N) is 1. The van der Waals surface area contributed by atoms with Crippen molar-refractivity contribution >= 4 is 28.3 Å². The van der Waals surface area contributed by atoms with E-state index in [4.69, 9.17) is 0 Å². The molecule has 1 atom stereocenters. The number of anilines is 1. The number of halogens is 1. The number of benzene rings is 1. The first-order valence-electron chi connectivity index (χ1n) is 4.71. The first-order chi connectivity index (χ1) is 6.22. The number of hydrogen-bond donors (Lipinski definition) is 1. The maximum atomic E-state index is 3.43. The lowest BCUT2D eigenvalue weighted by Crippen LogP contribution is -2.10. The van der Waals surface area contributed by atoms with Crippen molar-refractivity contribution < 1.29 is 0 Å². The summed E-state index contributed by atoms with van der Waals surface area (Å²) in [5, 5.41) is 3.43. The zero-order chi connectivity index (χ0) is 9.68. The molecule has 0 amide bonds. The van der Waals surface area contributed by atoms with Gasteiger partial charge in [-0.1, -0.05) is 26.3 Å². The molecule has 0 aliphatic heterocycles. The molecule has 1 aromatic rings. The number of hydrogen-bond acceptors (Lipinski definition) is 1. The predicted molar refractivity (Wildman–Crippen MR) is 67.1 cm³/mol. The van der Waals surface area contributed by atoms with E-state index in [0.717, 1.165) is 12.5 Å². The summed E-state index contributed by atoms with van der Waals surface area (Å²) in [4.78, 5) is 0. The minimum Gasteiger partial charge on any atom is -0.385 e. The highest BCUT2D eigenvalue weighted by molar-refractivity contribution is 14.1. The second-order valence-electron chi connectivity index (χ2n) is 3.40. The molecule has 1 N–H and O–H groups in total. The van der Waals surface area contributed by atoms with Gasteiger partial charge in [-0.25, -0.2) is 0 Å². The van der Waals surface area contributed by atoms with Crippen molar-refractivity contribution in [2.45, 2.75) is 20.3 Å². The Morgan fingerprint density at radius 2 is 2.23 bits per heavy atom. The van der Waals surface area contributed by atoms with E-state index in [9.17, 15) is 0 Å². The Kier molecular flexibility index (Phi) is 4.56. The van der Waals surface area contributed by atoms with Crippen LogP contribution in [-0.2, 0) is 0 Å². The third-order valence-corrected chi connectivity index (χ3v) is 2.85. The zero-order valence-corrected chi connectivity index (χ0v) is 10.3. The predicted octanol–water partition coefficient (Wildman–Crippen LogP) is 3.75. The normalized spacial score (nSPS) is 12.5. The van der Waals surface area contributed by atoms with Crippen molar-refractivity contribution in [2.75, 3.05) is 11.9 Å². The third kappa shape index (κ3) is 3.98. The number of rotatable bonds is 4. The highest BCUT2D eigenvalue weighted by Gasteiger charge is 1.98. The molecular weight excluding hydrogens is 273 g/mol. The summed E-state index contributed by atoms with van der Waals surface area (Å²) in [5.41, 5.74) is 1.23. The average molecular weight is 289 g/mol. The highest BCUT2D eigenvalue weighted by Crippen LogP contribution is 2.13. The Bertz CT molecular complexity index is 260. The van der Waals surface area contributed by atoms with Crippen LogP contribution >= 0.6 is 22.6 Å².